The lowest BCUT2D eigenvalue weighted by atomic mass is 9.69. The highest BCUT2D eigenvalue weighted by molar-refractivity contribution is 6.30. The number of alkyl halides is 5. The van der Waals surface area contributed by atoms with Gasteiger partial charge in [0.1, 0.15) is 17.3 Å². The topological polar surface area (TPSA) is 66.4 Å². The molecule has 2 fully saturated rings. The first kappa shape index (κ1) is 25.5. The van der Waals surface area contributed by atoms with Gasteiger partial charge in [0.05, 0.1) is 5.54 Å². The van der Waals surface area contributed by atoms with E-state index in [2.05, 4.69) is 5.32 Å². The van der Waals surface area contributed by atoms with Gasteiger partial charge in [0.15, 0.2) is 5.78 Å². The van der Waals surface area contributed by atoms with Crippen LogP contribution < -0.4 is 5.32 Å². The molecule has 1 saturated carbocycles. The third-order valence-corrected chi connectivity index (χ3v) is 7.30. The van der Waals surface area contributed by atoms with Crippen LogP contribution in [0.5, 0.6) is 0 Å². The van der Waals surface area contributed by atoms with Crippen molar-refractivity contribution in [1.29, 1.82) is 0 Å². The van der Waals surface area contributed by atoms with Crippen LogP contribution in [0.15, 0.2) is 36.4 Å². The molecule has 1 heterocycles. The van der Waals surface area contributed by atoms with Crippen LogP contribution in [0.3, 0.4) is 0 Å². The van der Waals surface area contributed by atoms with Crippen LogP contribution >= 0.6 is 11.6 Å². The maximum Gasteiger partial charge on any atom is 0.456 e. The minimum absolute atomic E-state index is 0.103. The number of hydrogen-bond acceptors (Lipinski definition) is 3. The molecule has 0 aromatic heterocycles. The summed E-state index contributed by atoms with van der Waals surface area (Å²) >= 11 is 5.87. The smallest absolute Gasteiger partial charge is 0.383 e. The minimum Gasteiger partial charge on any atom is -0.383 e. The Labute approximate surface area is 201 Å². The predicted molar refractivity (Wildman–Crippen MR) is 115 cm³/mol. The van der Waals surface area contributed by atoms with Crippen LogP contribution in [0, 0.1) is 12.7 Å². The molecule has 0 bridgehead atoms. The van der Waals surface area contributed by atoms with Gasteiger partial charge in [0.25, 0.3) is 0 Å². The number of hydrogen-bond donors (Lipinski definition) is 2. The van der Waals surface area contributed by atoms with Crippen LogP contribution in [0.25, 0.3) is 11.1 Å². The molecule has 1 amide bonds. The SMILES string of the molecule is Cc1cc(F)c(-c2ccc(Cl)cc2)cc1C1C(=O)NC2(CCC(O)(C(F)(F)C(F)(F)F)CC2)C1=O. The van der Waals surface area contributed by atoms with Crippen LogP contribution in [0.1, 0.15) is 42.7 Å². The fourth-order valence-electron chi connectivity index (χ4n) is 4.94. The fourth-order valence-corrected chi connectivity index (χ4v) is 5.06. The van der Waals surface area contributed by atoms with Crippen molar-refractivity contribution < 1.29 is 41.0 Å². The zero-order chi connectivity index (χ0) is 26.0. The van der Waals surface area contributed by atoms with E-state index < -0.39 is 72.3 Å². The third kappa shape index (κ3) is 4.00. The van der Waals surface area contributed by atoms with Gasteiger partial charge in [0, 0.05) is 10.6 Å². The summed E-state index contributed by atoms with van der Waals surface area (Å²) in [7, 11) is 0. The van der Waals surface area contributed by atoms with E-state index in [0.29, 0.717) is 16.1 Å². The fraction of sp³-hybridized carbons (Fsp3) is 0.417. The minimum atomic E-state index is -5.97. The number of halogens is 7. The van der Waals surface area contributed by atoms with Gasteiger partial charge in [-0.05, 0) is 73.6 Å². The Hall–Kier alpha value is -2.59. The molecule has 1 aliphatic heterocycles. The monoisotopic (exact) mass is 519 g/mol. The highest BCUT2D eigenvalue weighted by atomic mass is 35.5. The van der Waals surface area contributed by atoms with Crippen molar-refractivity contribution in [3.8, 4) is 11.1 Å². The summed E-state index contributed by atoms with van der Waals surface area (Å²) in [6, 6.07) is 8.71. The predicted octanol–water partition coefficient (Wildman–Crippen LogP) is 5.48. The van der Waals surface area contributed by atoms with Crippen molar-refractivity contribution >= 4 is 23.3 Å². The second kappa shape index (κ2) is 8.23. The van der Waals surface area contributed by atoms with Crippen molar-refractivity contribution in [3.05, 3.63) is 58.4 Å². The Morgan fingerprint density at radius 3 is 2.11 bits per heavy atom. The molecule has 2 aromatic rings. The molecule has 188 valence electrons. The summed E-state index contributed by atoms with van der Waals surface area (Å²) < 4.78 is 81.1. The molecule has 1 unspecified atom stereocenters. The van der Waals surface area contributed by atoms with E-state index in [1.807, 2.05) is 0 Å². The van der Waals surface area contributed by atoms with Gasteiger partial charge in [-0.25, -0.2) is 4.39 Å². The average Bonchev–Trinajstić information content (AvgIpc) is 3.00. The first-order valence-electron chi connectivity index (χ1n) is 10.7. The van der Waals surface area contributed by atoms with Crippen molar-refractivity contribution in [2.45, 2.75) is 61.8 Å². The van der Waals surface area contributed by atoms with Crippen LogP contribution in [-0.4, -0.2) is 40.0 Å². The van der Waals surface area contributed by atoms with E-state index in [1.54, 1.807) is 12.1 Å². The Morgan fingerprint density at radius 1 is 1.00 bits per heavy atom. The number of aryl methyl sites for hydroxylation is 1. The average molecular weight is 520 g/mol. The van der Waals surface area contributed by atoms with Crippen LogP contribution in [-0.2, 0) is 9.59 Å². The van der Waals surface area contributed by atoms with Crippen LogP contribution in [0.4, 0.5) is 26.3 Å². The number of benzene rings is 2. The number of rotatable bonds is 3. The number of carbonyl (C=O) groups excluding carboxylic acids is 2. The van der Waals surface area contributed by atoms with E-state index in [-0.39, 0.29) is 11.1 Å². The molecule has 0 radical (unpaired) electrons. The molecule has 4 nitrogen and oxygen atoms in total. The second-order valence-corrected chi connectivity index (χ2v) is 9.60. The summed E-state index contributed by atoms with van der Waals surface area (Å²) in [4.78, 5) is 26.3. The number of Topliss-reactive ketones (excluding diaryl/α,β-unsaturated/α-hetero) is 1. The summed E-state index contributed by atoms with van der Waals surface area (Å²) in [5.74, 6) is -8.87. The summed E-state index contributed by atoms with van der Waals surface area (Å²) in [6.07, 6.45) is -9.25. The van der Waals surface area contributed by atoms with E-state index in [0.717, 1.165) is 6.07 Å². The number of nitrogens with one attached hydrogen (secondary N) is 1. The van der Waals surface area contributed by atoms with E-state index in [4.69, 9.17) is 11.6 Å². The maximum absolute atomic E-state index is 14.7. The first-order chi connectivity index (χ1) is 16.1. The highest BCUT2D eigenvalue weighted by Gasteiger charge is 2.71. The van der Waals surface area contributed by atoms with Gasteiger partial charge < -0.3 is 10.4 Å². The summed E-state index contributed by atoms with van der Waals surface area (Å²) in [6.45, 7) is 1.50. The maximum atomic E-state index is 14.7. The van der Waals surface area contributed by atoms with Gasteiger partial charge >= 0.3 is 12.1 Å². The summed E-state index contributed by atoms with van der Waals surface area (Å²) in [5, 5.41) is 13.0. The first-order valence-corrected chi connectivity index (χ1v) is 11.1. The molecule has 1 spiro atoms. The Bertz CT molecular complexity index is 1190. The lowest BCUT2D eigenvalue weighted by molar-refractivity contribution is -0.347. The van der Waals surface area contributed by atoms with Crippen LogP contribution in [0.2, 0.25) is 5.02 Å². The second-order valence-electron chi connectivity index (χ2n) is 9.17. The van der Waals surface area contributed by atoms with Gasteiger partial charge in [-0.2, -0.15) is 22.0 Å². The molecule has 2 aliphatic rings. The lowest BCUT2D eigenvalue weighted by Gasteiger charge is -2.44. The molecular weight excluding hydrogens is 500 g/mol. The Balaban J connectivity index is 1.65. The molecule has 1 aliphatic carbocycles. The Morgan fingerprint density at radius 2 is 1.57 bits per heavy atom. The molecule has 4 rings (SSSR count). The van der Waals surface area contributed by atoms with Gasteiger partial charge in [-0.15, -0.1) is 0 Å². The molecule has 11 heteroatoms. The molecule has 2 aromatic carbocycles. The molecule has 2 N–H and O–H groups in total. The summed E-state index contributed by atoms with van der Waals surface area (Å²) in [5.41, 5.74) is -4.07. The number of carbonyl (C=O) groups is 2. The molecule has 35 heavy (non-hydrogen) atoms. The zero-order valence-corrected chi connectivity index (χ0v) is 19.0. The van der Waals surface area contributed by atoms with Gasteiger partial charge in [-0.3, -0.25) is 9.59 Å². The van der Waals surface area contributed by atoms with Gasteiger partial charge in [0.2, 0.25) is 5.91 Å². The van der Waals surface area contributed by atoms with Crippen molar-refractivity contribution in [1.82, 2.24) is 5.32 Å². The molecule has 1 atom stereocenters. The van der Waals surface area contributed by atoms with Crippen molar-refractivity contribution in [2.24, 2.45) is 0 Å². The Kier molecular flexibility index (Phi) is 6.00. The lowest BCUT2D eigenvalue weighted by Crippen LogP contribution is -2.62. The van der Waals surface area contributed by atoms with Crippen molar-refractivity contribution in [3.63, 3.8) is 0 Å². The molecule has 1 saturated heterocycles. The molecular formula is C24H20ClF6NO3. The standard InChI is InChI=1S/C24H20ClF6NO3/c1-12-10-17(26)16(13-2-4-14(25)5-3-13)11-15(12)18-19(33)21(32-20(18)34)6-8-22(35,9-7-21)23(27,28)24(29,30)31/h2-5,10-11,18,35H,6-9H2,1H3,(H,32,34). The van der Waals surface area contributed by atoms with E-state index in [9.17, 15) is 41.0 Å². The van der Waals surface area contributed by atoms with Gasteiger partial charge in [-0.1, -0.05) is 23.7 Å². The number of ketones is 1. The largest absolute Gasteiger partial charge is 0.456 e. The number of amides is 1. The van der Waals surface area contributed by atoms with E-state index >= 15 is 0 Å². The van der Waals surface area contributed by atoms with E-state index in [1.165, 1.54) is 25.1 Å². The number of aliphatic hydroxyl groups is 1. The third-order valence-electron chi connectivity index (χ3n) is 7.05. The quantitative estimate of drug-likeness (QED) is 0.417. The normalized spacial score (nSPS) is 27.4. The highest BCUT2D eigenvalue weighted by Crippen LogP contribution is 2.52. The zero-order valence-electron chi connectivity index (χ0n) is 18.3. The van der Waals surface area contributed by atoms with Crippen molar-refractivity contribution in [2.75, 3.05) is 0 Å².